The first kappa shape index (κ1) is 12.8. The van der Waals surface area contributed by atoms with E-state index < -0.39 is 11.6 Å². The largest absolute Gasteiger partial charge is 0.388 e. The van der Waals surface area contributed by atoms with E-state index in [9.17, 15) is 9.90 Å². The summed E-state index contributed by atoms with van der Waals surface area (Å²) in [4.78, 5) is 15.0. The summed E-state index contributed by atoms with van der Waals surface area (Å²) in [6.45, 7) is 5.72. The Bertz CT molecular complexity index is 320. The first-order valence-electron chi connectivity index (χ1n) is 5.44. The number of nitrogens with zero attached hydrogens (tertiary/aromatic N) is 3. The minimum Gasteiger partial charge on any atom is -0.388 e. The Balaban J connectivity index is 2.81. The van der Waals surface area contributed by atoms with Gasteiger partial charge in [0.25, 0.3) is 0 Å². The number of carbonyl (C=O) groups excluding carboxylic acids is 1. The highest BCUT2D eigenvalue weighted by Crippen LogP contribution is 2.27. The van der Waals surface area contributed by atoms with Crippen LogP contribution in [0.1, 0.15) is 27.2 Å². The molecule has 0 radical (unpaired) electrons. The summed E-state index contributed by atoms with van der Waals surface area (Å²) in [5.41, 5.74) is -0.951. The van der Waals surface area contributed by atoms with Crippen LogP contribution in [0.3, 0.4) is 0 Å². The lowest BCUT2D eigenvalue weighted by Crippen LogP contribution is -2.44. The normalized spacial score (nSPS) is 29.3. The van der Waals surface area contributed by atoms with Gasteiger partial charge in [0.15, 0.2) is 6.19 Å². The fourth-order valence-corrected chi connectivity index (χ4v) is 1.88. The Morgan fingerprint density at radius 2 is 2.25 bits per heavy atom. The number of aliphatic hydroxyl groups is 1. The van der Waals surface area contributed by atoms with Crippen LogP contribution in [0.15, 0.2) is 0 Å². The predicted molar refractivity (Wildman–Crippen MR) is 59.3 cm³/mol. The van der Waals surface area contributed by atoms with Gasteiger partial charge < -0.3 is 10.0 Å². The van der Waals surface area contributed by atoms with Crippen LogP contribution in [0.4, 0.5) is 0 Å². The molecule has 1 heterocycles. The van der Waals surface area contributed by atoms with E-state index in [1.165, 1.54) is 4.90 Å². The molecule has 1 saturated heterocycles. The Hall–Kier alpha value is -1.28. The molecule has 0 unspecified atom stereocenters. The van der Waals surface area contributed by atoms with Crippen molar-refractivity contribution < 1.29 is 9.90 Å². The first-order chi connectivity index (χ1) is 7.28. The molecule has 16 heavy (non-hydrogen) atoms. The maximum Gasteiger partial charge on any atom is 0.246 e. The Morgan fingerprint density at radius 1 is 1.69 bits per heavy atom. The average molecular weight is 225 g/mol. The molecule has 0 spiro atoms. The molecule has 2 atom stereocenters. The molecule has 0 aromatic heterocycles. The molecule has 5 heteroatoms. The number of rotatable bonds is 2. The lowest BCUT2D eigenvalue weighted by molar-refractivity contribution is -0.135. The van der Waals surface area contributed by atoms with Gasteiger partial charge in [-0.1, -0.05) is 0 Å². The predicted octanol–water partition coefficient (Wildman–Crippen LogP) is 0.160. The van der Waals surface area contributed by atoms with Gasteiger partial charge in [-0.3, -0.25) is 9.69 Å². The third-order valence-corrected chi connectivity index (χ3v) is 3.06. The SMILES string of the molecule is CC(C)N(C)C(=O)[C@H]1C[C@@](C)(O)CN1C#N. The molecule has 0 bridgehead atoms. The van der Waals surface area contributed by atoms with Crippen LogP contribution in [0.2, 0.25) is 0 Å². The highest BCUT2D eigenvalue weighted by Gasteiger charge is 2.43. The molecule has 0 aromatic carbocycles. The molecule has 1 rings (SSSR count). The van der Waals surface area contributed by atoms with E-state index in [2.05, 4.69) is 0 Å². The van der Waals surface area contributed by atoms with Crippen LogP contribution in [-0.4, -0.2) is 52.1 Å². The Morgan fingerprint density at radius 3 is 2.69 bits per heavy atom. The standard InChI is InChI=1S/C11H19N3O2/c1-8(2)13(4)10(15)9-5-11(3,16)6-14(9)7-12/h8-9,16H,5-6H2,1-4H3/t9-,11-/m1/s1. The van der Waals surface area contributed by atoms with Gasteiger partial charge in [0.05, 0.1) is 12.1 Å². The van der Waals surface area contributed by atoms with E-state index >= 15 is 0 Å². The number of amides is 1. The summed E-state index contributed by atoms with van der Waals surface area (Å²) in [6.07, 6.45) is 2.29. The summed E-state index contributed by atoms with van der Waals surface area (Å²) in [6, 6.07) is -0.425. The van der Waals surface area contributed by atoms with Gasteiger partial charge in [-0.05, 0) is 20.8 Å². The summed E-state index contributed by atoms with van der Waals surface area (Å²) in [5, 5.41) is 18.8. The second-order valence-electron chi connectivity index (χ2n) is 4.99. The molecular formula is C11H19N3O2. The fraction of sp³-hybridized carbons (Fsp3) is 0.818. The lowest BCUT2D eigenvalue weighted by atomic mass is 10.0. The zero-order valence-corrected chi connectivity index (χ0v) is 10.3. The molecule has 1 aliphatic rings. The molecule has 1 fully saturated rings. The second kappa shape index (κ2) is 4.30. The van der Waals surface area contributed by atoms with Crippen molar-refractivity contribution in [1.29, 1.82) is 5.26 Å². The van der Waals surface area contributed by atoms with E-state index in [0.29, 0.717) is 6.42 Å². The van der Waals surface area contributed by atoms with Crippen molar-refractivity contribution >= 4 is 5.91 Å². The molecule has 1 amide bonds. The quantitative estimate of drug-likeness (QED) is 0.680. The van der Waals surface area contributed by atoms with Crippen molar-refractivity contribution in [3.63, 3.8) is 0 Å². The molecule has 0 aliphatic carbocycles. The van der Waals surface area contributed by atoms with Crippen molar-refractivity contribution in [2.24, 2.45) is 0 Å². The monoisotopic (exact) mass is 225 g/mol. The minimum absolute atomic E-state index is 0.0959. The summed E-state index contributed by atoms with van der Waals surface area (Å²) >= 11 is 0. The van der Waals surface area contributed by atoms with E-state index in [1.807, 2.05) is 20.0 Å². The molecule has 0 aromatic rings. The van der Waals surface area contributed by atoms with Gasteiger partial charge in [0.2, 0.25) is 5.91 Å². The van der Waals surface area contributed by atoms with E-state index in [1.54, 1.807) is 18.9 Å². The molecular weight excluding hydrogens is 206 g/mol. The van der Waals surface area contributed by atoms with E-state index in [0.717, 1.165) is 0 Å². The van der Waals surface area contributed by atoms with Gasteiger partial charge in [-0.2, -0.15) is 5.26 Å². The van der Waals surface area contributed by atoms with Crippen LogP contribution in [0.25, 0.3) is 0 Å². The van der Waals surface area contributed by atoms with Gasteiger partial charge in [0, 0.05) is 19.5 Å². The van der Waals surface area contributed by atoms with Crippen molar-refractivity contribution in [2.75, 3.05) is 13.6 Å². The Labute approximate surface area is 96.3 Å². The van der Waals surface area contributed by atoms with Crippen LogP contribution in [0, 0.1) is 11.5 Å². The second-order valence-corrected chi connectivity index (χ2v) is 4.99. The third kappa shape index (κ3) is 2.45. The van der Waals surface area contributed by atoms with Gasteiger partial charge in [0.1, 0.15) is 6.04 Å². The maximum absolute atomic E-state index is 12.1. The van der Waals surface area contributed by atoms with Crippen LogP contribution < -0.4 is 0 Å². The van der Waals surface area contributed by atoms with Gasteiger partial charge in [-0.25, -0.2) is 0 Å². The number of carbonyl (C=O) groups is 1. The van der Waals surface area contributed by atoms with Crippen LogP contribution in [0.5, 0.6) is 0 Å². The van der Waals surface area contributed by atoms with Gasteiger partial charge >= 0.3 is 0 Å². The number of β-amino-alcohol motifs (C(OH)–C–C–N with tert-alkyl or cyclic N) is 1. The molecule has 5 nitrogen and oxygen atoms in total. The minimum atomic E-state index is -0.951. The number of nitriles is 1. The van der Waals surface area contributed by atoms with Crippen LogP contribution in [-0.2, 0) is 4.79 Å². The van der Waals surface area contributed by atoms with E-state index in [4.69, 9.17) is 5.26 Å². The topological polar surface area (TPSA) is 67.6 Å². The highest BCUT2D eigenvalue weighted by molar-refractivity contribution is 5.82. The molecule has 1 aliphatic heterocycles. The molecule has 90 valence electrons. The highest BCUT2D eigenvalue weighted by atomic mass is 16.3. The lowest BCUT2D eigenvalue weighted by Gasteiger charge is -2.27. The number of likely N-dealkylation sites (N-methyl/N-ethyl adjacent to an activating group) is 1. The summed E-state index contributed by atoms with van der Waals surface area (Å²) < 4.78 is 0. The number of likely N-dealkylation sites (tertiary alicyclic amines) is 1. The zero-order valence-electron chi connectivity index (χ0n) is 10.3. The van der Waals surface area contributed by atoms with Crippen LogP contribution >= 0.6 is 0 Å². The average Bonchev–Trinajstić information content (AvgIpc) is 2.51. The van der Waals surface area contributed by atoms with E-state index in [-0.39, 0.29) is 18.5 Å². The van der Waals surface area contributed by atoms with Crippen molar-refractivity contribution in [3.8, 4) is 6.19 Å². The third-order valence-electron chi connectivity index (χ3n) is 3.06. The number of hydrogen-bond donors (Lipinski definition) is 1. The van der Waals surface area contributed by atoms with Crippen molar-refractivity contribution in [1.82, 2.24) is 9.80 Å². The number of hydrogen-bond acceptors (Lipinski definition) is 4. The van der Waals surface area contributed by atoms with Crippen molar-refractivity contribution in [3.05, 3.63) is 0 Å². The fourth-order valence-electron chi connectivity index (χ4n) is 1.88. The first-order valence-corrected chi connectivity index (χ1v) is 5.44. The maximum atomic E-state index is 12.1. The zero-order chi connectivity index (χ0) is 12.5. The summed E-state index contributed by atoms with van der Waals surface area (Å²) in [5.74, 6) is -0.102. The smallest absolute Gasteiger partial charge is 0.246 e. The Kier molecular flexibility index (Phi) is 3.44. The summed E-state index contributed by atoms with van der Waals surface area (Å²) in [7, 11) is 1.72. The molecule has 1 N–H and O–H groups in total. The molecule has 0 saturated carbocycles. The van der Waals surface area contributed by atoms with Crippen molar-refractivity contribution in [2.45, 2.75) is 44.9 Å². The van der Waals surface area contributed by atoms with Gasteiger partial charge in [-0.15, -0.1) is 0 Å².